The van der Waals surface area contributed by atoms with Gasteiger partial charge in [-0.05, 0) is 6.07 Å². The fourth-order valence-corrected chi connectivity index (χ4v) is 6.30. The number of benzene rings is 2. The summed E-state index contributed by atoms with van der Waals surface area (Å²) in [5, 5.41) is 0. The zero-order valence-corrected chi connectivity index (χ0v) is 15.9. The van der Waals surface area contributed by atoms with Crippen molar-refractivity contribution in [1.82, 2.24) is 8.97 Å². The SMILES string of the molecule is COc1c2c3c4c(c1[N+]1(CCOCC1)c1cccc(c1-2)C3=O)[N+]41CCOCC1. The Morgan fingerprint density at radius 1 is 0.821 bits per heavy atom. The molecule has 0 N–H and O–H groups in total. The molecule has 28 heavy (non-hydrogen) atoms. The van der Waals surface area contributed by atoms with Gasteiger partial charge in [0.25, 0.3) is 5.69 Å². The molecule has 4 heterocycles. The predicted octanol–water partition coefficient (Wildman–Crippen LogP) is 2.87. The van der Waals surface area contributed by atoms with E-state index in [1.54, 1.807) is 7.11 Å². The van der Waals surface area contributed by atoms with Gasteiger partial charge >= 0.3 is 0 Å². The molecule has 2 bridgehead atoms. The monoisotopic (exact) mass is 378 g/mol. The Morgan fingerprint density at radius 3 is 2.18 bits per heavy atom. The van der Waals surface area contributed by atoms with Crippen LogP contribution in [0.5, 0.6) is 5.75 Å². The smallest absolute Gasteiger partial charge is 0.266 e. The van der Waals surface area contributed by atoms with Gasteiger partial charge in [0.05, 0.1) is 44.7 Å². The molecule has 1 aliphatic carbocycles. The van der Waals surface area contributed by atoms with E-state index in [1.165, 1.54) is 22.7 Å². The number of carbonyl (C=O) groups excluding carboxylic acids is 1. The number of morpholine rings is 2. The average Bonchev–Trinajstić information content (AvgIpc) is 3.24. The lowest BCUT2D eigenvalue weighted by atomic mass is 9.93. The molecule has 0 amide bonds. The number of ketones is 1. The standard InChI is InChI=1S/C22H22N2O4/c1-26-22-16-15-13-3-2-4-14(15)23(5-9-27-10-6-23)20(22)19-18(17(16)21(13)25)24(19)7-11-28-12-8-24/h2-4H,5-12H2,1H3/q+2. The minimum absolute atomic E-state index is 0.169. The molecule has 2 fully saturated rings. The first-order valence-corrected chi connectivity index (χ1v) is 10.1. The highest BCUT2D eigenvalue weighted by atomic mass is 16.5. The Kier molecular flexibility index (Phi) is 2.70. The molecule has 5 aliphatic rings. The molecule has 0 radical (unpaired) electrons. The molecule has 6 nitrogen and oxygen atoms in total. The molecule has 7 rings (SSSR count). The van der Waals surface area contributed by atoms with Crippen LogP contribution in [0, 0.1) is 0 Å². The summed E-state index contributed by atoms with van der Waals surface area (Å²) in [7, 11) is 1.75. The Labute approximate surface area is 163 Å². The van der Waals surface area contributed by atoms with Gasteiger partial charge in [-0.3, -0.25) is 4.79 Å². The Hall–Kier alpha value is -2.25. The van der Waals surface area contributed by atoms with E-state index >= 15 is 0 Å². The van der Waals surface area contributed by atoms with Crippen LogP contribution in [0.25, 0.3) is 11.1 Å². The molecule has 2 aromatic carbocycles. The van der Waals surface area contributed by atoms with Crippen molar-refractivity contribution in [3.8, 4) is 16.9 Å². The van der Waals surface area contributed by atoms with Gasteiger partial charge in [0.15, 0.2) is 5.75 Å². The lowest BCUT2D eigenvalue weighted by molar-refractivity contribution is 0.0619. The van der Waals surface area contributed by atoms with Crippen LogP contribution in [0.1, 0.15) is 15.9 Å². The molecule has 0 saturated carbocycles. The van der Waals surface area contributed by atoms with Crippen molar-refractivity contribution in [2.24, 2.45) is 0 Å². The van der Waals surface area contributed by atoms with Gasteiger partial charge in [0.2, 0.25) is 17.2 Å². The predicted molar refractivity (Wildman–Crippen MR) is 106 cm³/mol. The van der Waals surface area contributed by atoms with Crippen molar-refractivity contribution in [3.05, 3.63) is 29.3 Å². The normalized spacial score (nSPS) is 23.8. The summed E-state index contributed by atoms with van der Waals surface area (Å²) in [5.41, 5.74) is 8.98. The number of hydrogen-bond donors (Lipinski definition) is 0. The number of rotatable bonds is 1. The first kappa shape index (κ1) is 15.6. The van der Waals surface area contributed by atoms with E-state index in [-0.39, 0.29) is 5.78 Å². The zero-order chi connectivity index (χ0) is 18.7. The number of carbonyl (C=O) groups is 1. The van der Waals surface area contributed by atoms with Crippen molar-refractivity contribution in [1.29, 1.82) is 0 Å². The minimum Gasteiger partial charge on any atom is -0.490 e. The Balaban J connectivity index is 1.65. The van der Waals surface area contributed by atoms with Crippen LogP contribution in [0.3, 0.4) is 0 Å². The molecular weight excluding hydrogens is 356 g/mol. The van der Waals surface area contributed by atoms with Gasteiger partial charge in [-0.2, -0.15) is 0 Å². The molecule has 0 atom stereocenters. The summed E-state index contributed by atoms with van der Waals surface area (Å²) in [6.07, 6.45) is 0. The van der Waals surface area contributed by atoms with E-state index in [9.17, 15) is 4.79 Å². The quantitative estimate of drug-likeness (QED) is 0.483. The van der Waals surface area contributed by atoms with Gasteiger partial charge in [0, 0.05) is 11.6 Å². The van der Waals surface area contributed by atoms with Crippen LogP contribution in [0.2, 0.25) is 0 Å². The number of quaternary nitrogens is 2. The molecule has 2 aromatic rings. The largest absolute Gasteiger partial charge is 0.490 e. The van der Waals surface area contributed by atoms with Gasteiger partial charge in [-0.15, -0.1) is 0 Å². The second kappa shape index (κ2) is 4.83. The maximum absolute atomic E-state index is 13.6. The van der Waals surface area contributed by atoms with E-state index in [0.29, 0.717) is 0 Å². The number of nitrogens with zero attached hydrogens (tertiary/aromatic N) is 2. The Bertz CT molecular complexity index is 1090. The maximum Gasteiger partial charge on any atom is 0.266 e. The molecule has 2 spiro atoms. The summed E-state index contributed by atoms with van der Waals surface area (Å²) in [4.78, 5) is 13.6. The first-order valence-electron chi connectivity index (χ1n) is 10.1. The molecule has 2 saturated heterocycles. The average molecular weight is 378 g/mol. The van der Waals surface area contributed by atoms with Crippen LogP contribution < -0.4 is 13.7 Å². The van der Waals surface area contributed by atoms with Gasteiger partial charge < -0.3 is 14.2 Å². The van der Waals surface area contributed by atoms with E-state index in [2.05, 4.69) is 6.07 Å². The molecule has 0 unspecified atom stereocenters. The van der Waals surface area contributed by atoms with Crippen LogP contribution in [0.4, 0.5) is 22.7 Å². The summed E-state index contributed by atoms with van der Waals surface area (Å²) in [5.74, 6) is 1.09. The summed E-state index contributed by atoms with van der Waals surface area (Å²) < 4.78 is 19.1. The molecular formula is C22H22N2O4+2. The first-order chi connectivity index (χ1) is 13.7. The van der Waals surface area contributed by atoms with E-state index in [0.717, 1.165) is 89.6 Å². The highest BCUT2D eigenvalue weighted by molar-refractivity contribution is 6.33. The molecule has 6 heteroatoms. The number of fused-ring (bicyclic) bond motifs is 8. The zero-order valence-electron chi connectivity index (χ0n) is 15.9. The number of methoxy groups -OCH3 is 1. The van der Waals surface area contributed by atoms with Crippen molar-refractivity contribution in [2.45, 2.75) is 0 Å². The third-order valence-corrected chi connectivity index (χ3v) is 7.51. The van der Waals surface area contributed by atoms with Gasteiger partial charge in [-0.25, -0.2) is 8.97 Å². The second-order valence-corrected chi connectivity index (χ2v) is 8.41. The highest BCUT2D eigenvalue weighted by Gasteiger charge is 2.69. The second-order valence-electron chi connectivity index (χ2n) is 8.41. The number of hydrogen-bond acceptors (Lipinski definition) is 4. The fraction of sp³-hybridized carbons (Fsp3) is 0.409. The van der Waals surface area contributed by atoms with E-state index in [1.807, 2.05) is 12.1 Å². The van der Waals surface area contributed by atoms with Crippen molar-refractivity contribution >= 4 is 28.5 Å². The van der Waals surface area contributed by atoms with Crippen LogP contribution >= 0.6 is 0 Å². The summed E-state index contributed by atoms with van der Waals surface area (Å²) in [6, 6.07) is 6.24. The molecule has 142 valence electrons. The van der Waals surface area contributed by atoms with E-state index < -0.39 is 0 Å². The van der Waals surface area contributed by atoms with Crippen molar-refractivity contribution < 1.29 is 19.0 Å². The fourth-order valence-electron chi connectivity index (χ4n) is 6.30. The minimum atomic E-state index is 0.169. The maximum atomic E-state index is 13.6. The van der Waals surface area contributed by atoms with E-state index in [4.69, 9.17) is 14.2 Å². The van der Waals surface area contributed by atoms with Crippen LogP contribution in [0.15, 0.2) is 18.2 Å². The van der Waals surface area contributed by atoms with Gasteiger partial charge in [-0.1, -0.05) is 6.07 Å². The van der Waals surface area contributed by atoms with Crippen molar-refractivity contribution in [2.75, 3.05) is 59.7 Å². The topological polar surface area (TPSA) is 44.8 Å². The van der Waals surface area contributed by atoms with Crippen LogP contribution in [-0.2, 0) is 9.47 Å². The summed E-state index contributed by atoms with van der Waals surface area (Å²) in [6.45, 7) is 6.48. The Morgan fingerprint density at radius 2 is 1.50 bits per heavy atom. The highest BCUT2D eigenvalue weighted by Crippen LogP contribution is 2.75. The number of ether oxygens (including phenoxy) is 3. The van der Waals surface area contributed by atoms with Crippen LogP contribution in [-0.4, -0.2) is 65.5 Å². The lowest BCUT2D eigenvalue weighted by Gasteiger charge is -2.43. The third-order valence-electron chi connectivity index (χ3n) is 7.51. The lowest BCUT2D eigenvalue weighted by Crippen LogP contribution is -2.54. The molecule has 4 aliphatic heterocycles. The van der Waals surface area contributed by atoms with Gasteiger partial charge in [0.1, 0.15) is 37.4 Å². The van der Waals surface area contributed by atoms with Crippen molar-refractivity contribution in [3.63, 3.8) is 0 Å². The summed E-state index contributed by atoms with van der Waals surface area (Å²) >= 11 is 0. The third kappa shape index (κ3) is 1.46. The molecule has 0 aromatic heterocycles.